The largest absolute Gasteiger partial charge is 0.374 e. The first kappa shape index (κ1) is 17.1. The summed E-state index contributed by atoms with van der Waals surface area (Å²) < 4.78 is 32.1. The predicted molar refractivity (Wildman–Crippen MR) is 90.0 cm³/mol. The van der Waals surface area contributed by atoms with E-state index >= 15 is 0 Å². The number of nitrogens with zero attached hydrogens (tertiary/aromatic N) is 4. The Labute approximate surface area is 142 Å². The maximum absolute atomic E-state index is 11.6. The average Bonchev–Trinajstić information content (AvgIpc) is 3.01. The summed E-state index contributed by atoms with van der Waals surface area (Å²) in [5, 5.41) is 8.32. The summed E-state index contributed by atoms with van der Waals surface area (Å²) >= 11 is 0. The van der Waals surface area contributed by atoms with Crippen LogP contribution in [0.4, 0.5) is 0 Å². The Balaban J connectivity index is 1.54. The molecule has 1 saturated heterocycles. The number of hydrogen-bond acceptors (Lipinski definition) is 5. The average molecular weight is 350 g/mol. The second-order valence-electron chi connectivity index (χ2n) is 6.03. The van der Waals surface area contributed by atoms with Gasteiger partial charge in [-0.25, -0.2) is 13.1 Å². The van der Waals surface area contributed by atoms with E-state index in [1.54, 1.807) is 4.68 Å². The molecule has 2 aromatic rings. The van der Waals surface area contributed by atoms with Gasteiger partial charge in [-0.15, -0.1) is 5.10 Å². The Kier molecular flexibility index (Phi) is 5.27. The van der Waals surface area contributed by atoms with Crippen LogP contribution in [0, 0.1) is 0 Å². The molecule has 0 aliphatic carbocycles. The summed E-state index contributed by atoms with van der Waals surface area (Å²) in [5.74, 6) is 0. The molecule has 1 unspecified atom stereocenters. The fraction of sp³-hybridized carbons (Fsp3) is 0.500. The first-order valence-corrected chi connectivity index (χ1v) is 9.85. The van der Waals surface area contributed by atoms with Crippen LogP contribution < -0.4 is 0 Å². The lowest BCUT2D eigenvalue weighted by Crippen LogP contribution is -2.46. The minimum atomic E-state index is -3.18. The van der Waals surface area contributed by atoms with Gasteiger partial charge in [0.25, 0.3) is 0 Å². The molecule has 2 heterocycles. The third-order valence-electron chi connectivity index (χ3n) is 4.06. The van der Waals surface area contributed by atoms with Crippen molar-refractivity contribution in [1.29, 1.82) is 0 Å². The van der Waals surface area contributed by atoms with Gasteiger partial charge < -0.3 is 4.74 Å². The van der Waals surface area contributed by atoms with Gasteiger partial charge in [0.1, 0.15) is 0 Å². The van der Waals surface area contributed by atoms with Crippen LogP contribution in [-0.2, 0) is 34.1 Å². The van der Waals surface area contributed by atoms with Crippen molar-refractivity contribution in [3.05, 3.63) is 47.8 Å². The summed E-state index contributed by atoms with van der Waals surface area (Å²) in [5.41, 5.74) is 2.20. The highest BCUT2D eigenvalue weighted by Crippen LogP contribution is 2.11. The summed E-state index contributed by atoms with van der Waals surface area (Å²) in [6.07, 6.45) is 4.68. The van der Waals surface area contributed by atoms with Gasteiger partial charge in [0, 0.05) is 19.3 Å². The number of ether oxygens (including phenoxy) is 1. The van der Waals surface area contributed by atoms with Crippen molar-refractivity contribution in [2.75, 3.05) is 26.0 Å². The summed E-state index contributed by atoms with van der Waals surface area (Å²) in [7, 11) is -3.18. The van der Waals surface area contributed by atoms with Crippen LogP contribution in [0.25, 0.3) is 0 Å². The molecule has 1 aliphatic heterocycles. The summed E-state index contributed by atoms with van der Waals surface area (Å²) in [6, 6.07) is 10.3. The van der Waals surface area contributed by atoms with E-state index in [1.165, 1.54) is 16.1 Å². The van der Waals surface area contributed by atoms with Crippen molar-refractivity contribution in [3.63, 3.8) is 0 Å². The third-order valence-corrected chi connectivity index (χ3v) is 5.33. The zero-order chi connectivity index (χ0) is 17.0. The molecule has 3 rings (SSSR count). The molecule has 1 aromatic heterocycles. The molecule has 1 aromatic carbocycles. The molecule has 1 aliphatic rings. The Morgan fingerprint density at radius 2 is 2.04 bits per heavy atom. The molecule has 1 fully saturated rings. The number of rotatable bonds is 6. The lowest BCUT2D eigenvalue weighted by Gasteiger charge is -2.30. The molecular formula is C16H22N4O3S. The van der Waals surface area contributed by atoms with Gasteiger partial charge >= 0.3 is 0 Å². The Morgan fingerprint density at radius 1 is 1.25 bits per heavy atom. The number of benzene rings is 1. The zero-order valence-electron chi connectivity index (χ0n) is 13.7. The fourth-order valence-electron chi connectivity index (χ4n) is 2.77. The predicted octanol–water partition coefficient (Wildman–Crippen LogP) is 0.724. The van der Waals surface area contributed by atoms with E-state index in [1.807, 2.05) is 24.4 Å². The number of sulfonamides is 1. The molecular weight excluding hydrogens is 328 g/mol. The first-order valence-electron chi connectivity index (χ1n) is 8.00. The molecule has 24 heavy (non-hydrogen) atoms. The van der Waals surface area contributed by atoms with Crippen molar-refractivity contribution < 1.29 is 13.2 Å². The van der Waals surface area contributed by atoms with Crippen LogP contribution in [0.2, 0.25) is 0 Å². The highest BCUT2D eigenvalue weighted by atomic mass is 32.2. The van der Waals surface area contributed by atoms with E-state index in [9.17, 15) is 8.42 Å². The standard InChI is InChI=1S/C16H22N4O3S/c1-24(21,22)20-9-10-23-16(13-20)12-19-11-15(17-18-19)8-7-14-5-3-2-4-6-14/h2-6,11,16H,7-10,12-13H2,1H3. The van der Waals surface area contributed by atoms with Crippen LogP contribution in [0.5, 0.6) is 0 Å². The van der Waals surface area contributed by atoms with Crippen LogP contribution >= 0.6 is 0 Å². The lowest BCUT2D eigenvalue weighted by molar-refractivity contribution is -0.0120. The Bertz CT molecular complexity index is 761. The Morgan fingerprint density at radius 3 is 2.79 bits per heavy atom. The van der Waals surface area contributed by atoms with Crippen molar-refractivity contribution in [2.24, 2.45) is 0 Å². The van der Waals surface area contributed by atoms with Crippen molar-refractivity contribution in [2.45, 2.75) is 25.5 Å². The zero-order valence-corrected chi connectivity index (χ0v) is 14.5. The van der Waals surface area contributed by atoms with Crippen molar-refractivity contribution in [3.8, 4) is 0 Å². The topological polar surface area (TPSA) is 77.3 Å². The van der Waals surface area contributed by atoms with Gasteiger partial charge in [0.15, 0.2) is 0 Å². The van der Waals surface area contributed by atoms with E-state index in [0.29, 0.717) is 26.2 Å². The maximum Gasteiger partial charge on any atom is 0.211 e. The molecule has 0 N–H and O–H groups in total. The van der Waals surface area contributed by atoms with E-state index in [0.717, 1.165) is 18.5 Å². The number of morpholine rings is 1. The minimum Gasteiger partial charge on any atom is -0.374 e. The molecule has 8 heteroatoms. The van der Waals surface area contributed by atoms with E-state index < -0.39 is 10.0 Å². The van der Waals surface area contributed by atoms with Crippen molar-refractivity contribution >= 4 is 10.0 Å². The molecule has 0 saturated carbocycles. The third kappa shape index (κ3) is 4.62. The summed E-state index contributed by atoms with van der Waals surface area (Å²) in [6.45, 7) is 1.69. The first-order chi connectivity index (χ1) is 11.5. The highest BCUT2D eigenvalue weighted by molar-refractivity contribution is 7.88. The molecule has 1 atom stereocenters. The molecule has 130 valence electrons. The van der Waals surface area contributed by atoms with E-state index in [-0.39, 0.29) is 6.10 Å². The number of aromatic nitrogens is 3. The molecule has 0 amide bonds. The van der Waals surface area contributed by atoms with Gasteiger partial charge in [-0.05, 0) is 18.4 Å². The monoisotopic (exact) mass is 350 g/mol. The fourth-order valence-corrected chi connectivity index (χ4v) is 3.62. The normalized spacial score (nSPS) is 19.5. The maximum atomic E-state index is 11.6. The molecule has 0 radical (unpaired) electrons. The smallest absolute Gasteiger partial charge is 0.211 e. The Hall–Kier alpha value is -1.77. The number of aryl methyl sites for hydroxylation is 2. The van der Waals surface area contributed by atoms with Crippen LogP contribution in [-0.4, -0.2) is 59.8 Å². The highest BCUT2D eigenvalue weighted by Gasteiger charge is 2.26. The van der Waals surface area contributed by atoms with Crippen molar-refractivity contribution in [1.82, 2.24) is 19.3 Å². The van der Waals surface area contributed by atoms with Crippen LogP contribution in [0.15, 0.2) is 36.5 Å². The summed E-state index contributed by atoms with van der Waals surface area (Å²) in [4.78, 5) is 0. The van der Waals surface area contributed by atoms with Gasteiger partial charge in [0.2, 0.25) is 10.0 Å². The van der Waals surface area contributed by atoms with Crippen LogP contribution in [0.1, 0.15) is 11.3 Å². The second kappa shape index (κ2) is 7.42. The van der Waals surface area contributed by atoms with Crippen LogP contribution in [0.3, 0.4) is 0 Å². The van der Waals surface area contributed by atoms with Gasteiger partial charge in [-0.1, -0.05) is 35.5 Å². The van der Waals surface area contributed by atoms with Gasteiger partial charge in [-0.2, -0.15) is 4.31 Å². The minimum absolute atomic E-state index is 0.197. The lowest BCUT2D eigenvalue weighted by atomic mass is 10.1. The van der Waals surface area contributed by atoms with E-state index in [4.69, 9.17) is 4.74 Å². The molecule has 0 spiro atoms. The number of hydrogen-bond donors (Lipinski definition) is 0. The molecule has 0 bridgehead atoms. The SMILES string of the molecule is CS(=O)(=O)N1CCOC(Cn2cc(CCc3ccccc3)nn2)C1. The van der Waals surface area contributed by atoms with Gasteiger partial charge in [0.05, 0.1) is 31.2 Å². The van der Waals surface area contributed by atoms with Gasteiger partial charge in [-0.3, -0.25) is 0 Å². The van der Waals surface area contributed by atoms with E-state index in [2.05, 4.69) is 22.4 Å². The second-order valence-corrected chi connectivity index (χ2v) is 8.01. The molecule has 7 nitrogen and oxygen atoms in total. The quantitative estimate of drug-likeness (QED) is 0.767.